The van der Waals surface area contributed by atoms with Crippen molar-refractivity contribution in [2.24, 2.45) is 0 Å². The van der Waals surface area contributed by atoms with Crippen molar-refractivity contribution in [2.75, 3.05) is 5.73 Å². The van der Waals surface area contributed by atoms with Crippen LogP contribution in [0.1, 0.15) is 11.3 Å². The molecule has 0 saturated carbocycles. The number of anilines is 1. The van der Waals surface area contributed by atoms with Crippen molar-refractivity contribution >= 4 is 29.2 Å². The van der Waals surface area contributed by atoms with E-state index in [0.29, 0.717) is 10.0 Å². The van der Waals surface area contributed by atoms with Crippen LogP contribution in [-0.2, 0) is 12.8 Å². The molecule has 0 unspecified atom stereocenters. The Morgan fingerprint density at radius 3 is 2.69 bits per heavy atom. The fourth-order valence-electron chi connectivity index (χ4n) is 1.42. The molecule has 0 aliphatic carbocycles. The van der Waals surface area contributed by atoms with Crippen LogP contribution in [0.5, 0.6) is 0 Å². The van der Waals surface area contributed by atoms with Gasteiger partial charge in [-0.2, -0.15) is 4.98 Å². The second kappa shape index (κ2) is 4.76. The van der Waals surface area contributed by atoms with Crippen molar-refractivity contribution in [1.29, 1.82) is 0 Å². The van der Waals surface area contributed by atoms with Crippen LogP contribution in [-0.4, -0.2) is 4.98 Å². The molecule has 0 fully saturated rings. The van der Waals surface area contributed by atoms with E-state index in [1.165, 1.54) is 0 Å². The van der Waals surface area contributed by atoms with Gasteiger partial charge in [0.25, 0.3) is 6.01 Å². The van der Waals surface area contributed by atoms with E-state index in [-0.39, 0.29) is 6.01 Å². The molecule has 2 rings (SSSR count). The maximum Gasteiger partial charge on any atom is 0.292 e. The lowest BCUT2D eigenvalue weighted by Gasteiger charge is -2.02. The number of benzene rings is 1. The smallest absolute Gasteiger partial charge is 0.292 e. The molecule has 1 aromatic carbocycles. The lowest BCUT2D eigenvalue weighted by atomic mass is 10.1. The monoisotopic (exact) mass is 256 g/mol. The van der Waals surface area contributed by atoms with Crippen LogP contribution in [0.3, 0.4) is 0 Å². The van der Waals surface area contributed by atoms with Gasteiger partial charge in [0.05, 0.1) is 5.69 Å². The van der Waals surface area contributed by atoms with Crippen molar-refractivity contribution in [3.8, 4) is 0 Å². The third-order valence-electron chi connectivity index (χ3n) is 2.24. The Hall–Kier alpha value is -1.19. The molecule has 2 aromatic rings. The molecule has 0 atom stereocenters. The lowest BCUT2D eigenvalue weighted by Crippen LogP contribution is -1.93. The SMILES string of the molecule is Nc1nc(CCc2ccc(Cl)cc2Cl)co1. The average molecular weight is 257 g/mol. The molecule has 0 amide bonds. The zero-order valence-electron chi connectivity index (χ0n) is 8.41. The first kappa shape index (κ1) is 11.3. The van der Waals surface area contributed by atoms with Crippen molar-refractivity contribution in [2.45, 2.75) is 12.8 Å². The number of nitrogen functional groups attached to an aromatic ring is 1. The molecule has 0 aliphatic heterocycles. The summed E-state index contributed by atoms with van der Waals surface area (Å²) in [4.78, 5) is 4.01. The summed E-state index contributed by atoms with van der Waals surface area (Å²) in [5.74, 6) is 0. The summed E-state index contributed by atoms with van der Waals surface area (Å²) in [7, 11) is 0. The first-order chi connectivity index (χ1) is 7.65. The maximum absolute atomic E-state index is 6.05. The number of hydrogen-bond acceptors (Lipinski definition) is 3. The Morgan fingerprint density at radius 1 is 1.25 bits per heavy atom. The third kappa shape index (κ3) is 2.68. The van der Waals surface area contributed by atoms with Gasteiger partial charge in [-0.05, 0) is 30.5 Å². The number of nitrogens with two attached hydrogens (primary N) is 1. The van der Waals surface area contributed by atoms with E-state index in [1.54, 1.807) is 12.3 Å². The molecule has 0 spiro atoms. The van der Waals surface area contributed by atoms with Crippen LogP contribution in [0.15, 0.2) is 28.9 Å². The number of hydrogen-bond donors (Lipinski definition) is 1. The predicted molar refractivity (Wildman–Crippen MR) is 64.8 cm³/mol. The number of nitrogens with zero attached hydrogens (tertiary/aromatic N) is 1. The zero-order chi connectivity index (χ0) is 11.5. The highest BCUT2D eigenvalue weighted by Crippen LogP contribution is 2.22. The summed E-state index contributed by atoms with van der Waals surface area (Å²) in [6.45, 7) is 0. The first-order valence-corrected chi connectivity index (χ1v) is 5.54. The average Bonchev–Trinajstić information content (AvgIpc) is 2.63. The van der Waals surface area contributed by atoms with E-state index in [4.69, 9.17) is 33.4 Å². The summed E-state index contributed by atoms with van der Waals surface area (Å²) in [6.07, 6.45) is 3.07. The Bertz CT molecular complexity index is 496. The Morgan fingerprint density at radius 2 is 2.06 bits per heavy atom. The molecular formula is C11H10Cl2N2O. The summed E-state index contributed by atoms with van der Waals surface area (Å²) in [5, 5.41) is 1.31. The quantitative estimate of drug-likeness (QED) is 0.917. The normalized spacial score (nSPS) is 10.6. The van der Waals surface area contributed by atoms with Crippen LogP contribution in [0.25, 0.3) is 0 Å². The zero-order valence-corrected chi connectivity index (χ0v) is 9.92. The van der Waals surface area contributed by atoms with E-state index < -0.39 is 0 Å². The molecule has 1 aromatic heterocycles. The number of oxazole rings is 1. The fraction of sp³-hybridized carbons (Fsp3) is 0.182. The van der Waals surface area contributed by atoms with E-state index >= 15 is 0 Å². The maximum atomic E-state index is 6.05. The van der Waals surface area contributed by atoms with E-state index in [0.717, 1.165) is 24.1 Å². The summed E-state index contributed by atoms with van der Waals surface area (Å²) in [6, 6.07) is 5.65. The lowest BCUT2D eigenvalue weighted by molar-refractivity contribution is 0.578. The van der Waals surface area contributed by atoms with Crippen molar-refractivity contribution in [1.82, 2.24) is 4.98 Å². The first-order valence-electron chi connectivity index (χ1n) is 4.79. The van der Waals surface area contributed by atoms with Gasteiger partial charge in [-0.15, -0.1) is 0 Å². The van der Waals surface area contributed by atoms with Gasteiger partial charge in [0.2, 0.25) is 0 Å². The van der Waals surface area contributed by atoms with E-state index in [1.807, 2.05) is 12.1 Å². The number of halogens is 2. The molecule has 1 heterocycles. The summed E-state index contributed by atoms with van der Waals surface area (Å²) >= 11 is 11.9. The Labute approximate surface area is 103 Å². The molecule has 2 N–H and O–H groups in total. The van der Waals surface area contributed by atoms with Crippen molar-refractivity contribution in [3.63, 3.8) is 0 Å². The van der Waals surface area contributed by atoms with Crippen LogP contribution in [0.4, 0.5) is 6.01 Å². The second-order valence-corrected chi connectivity index (χ2v) is 4.26. The second-order valence-electron chi connectivity index (χ2n) is 3.41. The van der Waals surface area contributed by atoms with Crippen molar-refractivity contribution in [3.05, 3.63) is 45.8 Å². The highest BCUT2D eigenvalue weighted by molar-refractivity contribution is 6.35. The predicted octanol–water partition coefficient (Wildman–Crippen LogP) is 3.35. The van der Waals surface area contributed by atoms with Crippen LogP contribution in [0.2, 0.25) is 10.0 Å². The van der Waals surface area contributed by atoms with Crippen molar-refractivity contribution < 1.29 is 4.42 Å². The minimum absolute atomic E-state index is 0.192. The highest BCUT2D eigenvalue weighted by Gasteiger charge is 2.04. The Kier molecular flexibility index (Phi) is 3.36. The van der Waals surface area contributed by atoms with E-state index in [2.05, 4.69) is 4.98 Å². The van der Waals surface area contributed by atoms with Gasteiger partial charge in [0.15, 0.2) is 0 Å². The largest absolute Gasteiger partial charge is 0.432 e. The molecule has 84 valence electrons. The number of aromatic nitrogens is 1. The molecule has 0 bridgehead atoms. The molecule has 16 heavy (non-hydrogen) atoms. The topological polar surface area (TPSA) is 52.0 Å². The fourth-order valence-corrected chi connectivity index (χ4v) is 1.93. The minimum Gasteiger partial charge on any atom is -0.432 e. The third-order valence-corrected chi connectivity index (χ3v) is 2.82. The minimum atomic E-state index is 0.192. The van der Waals surface area contributed by atoms with Crippen LogP contribution < -0.4 is 5.73 Å². The van der Waals surface area contributed by atoms with Crippen LogP contribution in [0, 0.1) is 0 Å². The van der Waals surface area contributed by atoms with Gasteiger partial charge in [-0.25, -0.2) is 0 Å². The molecule has 5 heteroatoms. The van der Waals surface area contributed by atoms with Gasteiger partial charge in [0.1, 0.15) is 6.26 Å². The van der Waals surface area contributed by atoms with Gasteiger partial charge in [0, 0.05) is 10.0 Å². The summed E-state index contributed by atoms with van der Waals surface area (Å²) in [5.41, 5.74) is 7.23. The summed E-state index contributed by atoms with van der Waals surface area (Å²) < 4.78 is 4.91. The van der Waals surface area contributed by atoms with Gasteiger partial charge >= 0.3 is 0 Å². The standard InChI is InChI=1S/C11H10Cl2N2O/c12-8-3-1-7(10(13)5-8)2-4-9-6-16-11(14)15-9/h1,3,5-6H,2,4H2,(H2,14,15). The molecule has 3 nitrogen and oxygen atoms in total. The molecule has 0 aliphatic rings. The van der Waals surface area contributed by atoms with Gasteiger partial charge in [-0.1, -0.05) is 29.3 Å². The molecular weight excluding hydrogens is 247 g/mol. The van der Waals surface area contributed by atoms with E-state index in [9.17, 15) is 0 Å². The van der Waals surface area contributed by atoms with Crippen LogP contribution >= 0.6 is 23.2 Å². The van der Waals surface area contributed by atoms with Gasteiger partial charge in [-0.3, -0.25) is 0 Å². The molecule has 0 saturated heterocycles. The number of rotatable bonds is 3. The Balaban J connectivity index is 2.04. The van der Waals surface area contributed by atoms with Gasteiger partial charge < -0.3 is 10.2 Å². The highest BCUT2D eigenvalue weighted by atomic mass is 35.5. The molecule has 0 radical (unpaired) electrons. The number of aryl methyl sites for hydroxylation is 2.